The Bertz CT molecular complexity index is 702. The third-order valence-electron chi connectivity index (χ3n) is 4.04. The number of aliphatic carboxylic acids is 1. The number of nitrogens with zero attached hydrogens (tertiary/aromatic N) is 1. The fourth-order valence-corrected chi connectivity index (χ4v) is 3.23. The number of allylic oxidation sites excluding steroid dienone is 8. The monoisotopic (exact) mass is 445 g/mol. The van der Waals surface area contributed by atoms with Gasteiger partial charge in [0, 0.05) is 11.4 Å². The normalized spacial score (nSPS) is 13.0. The van der Waals surface area contributed by atoms with E-state index in [9.17, 15) is 4.79 Å². The number of carbonyl (C=O) groups is 1. The Kier molecular flexibility index (Phi) is 18.1. The molecule has 0 amide bonds. The lowest BCUT2D eigenvalue weighted by atomic mass is 10.1. The van der Waals surface area contributed by atoms with Crippen LogP contribution in [0.4, 0.5) is 0 Å². The first-order chi connectivity index (χ1) is 14.9. The van der Waals surface area contributed by atoms with Crippen molar-refractivity contribution in [3.8, 4) is 0 Å². The van der Waals surface area contributed by atoms with Crippen molar-refractivity contribution < 1.29 is 14.6 Å². The van der Waals surface area contributed by atoms with Gasteiger partial charge in [0.2, 0.25) is 0 Å². The molecule has 0 fully saturated rings. The third-order valence-corrected chi connectivity index (χ3v) is 4.98. The van der Waals surface area contributed by atoms with Crippen molar-refractivity contribution in [2.75, 3.05) is 26.7 Å². The second-order valence-electron chi connectivity index (χ2n) is 7.14. The summed E-state index contributed by atoms with van der Waals surface area (Å²) >= 11 is 1.85. The summed E-state index contributed by atoms with van der Waals surface area (Å²) in [5, 5.41) is 10.8. The third kappa shape index (κ3) is 18.1. The Labute approximate surface area is 192 Å². The van der Waals surface area contributed by atoms with Crippen LogP contribution in [0.3, 0.4) is 0 Å². The second kappa shape index (κ2) is 19.6. The molecule has 1 N–H and O–H groups in total. The number of hydrogen-bond acceptors (Lipinski definition) is 4. The molecule has 0 saturated heterocycles. The van der Waals surface area contributed by atoms with Gasteiger partial charge in [-0.1, -0.05) is 69.4 Å². The fourth-order valence-electron chi connectivity index (χ4n) is 2.42. The molecule has 0 bridgehead atoms. The van der Waals surface area contributed by atoms with Crippen molar-refractivity contribution in [3.63, 3.8) is 0 Å². The second-order valence-corrected chi connectivity index (χ2v) is 8.17. The summed E-state index contributed by atoms with van der Waals surface area (Å²) in [7, 11) is 1.75. The first-order valence-electron chi connectivity index (χ1n) is 10.8. The first-order valence-corrected chi connectivity index (χ1v) is 11.6. The molecule has 5 heteroatoms. The number of ether oxygens (including phenoxy) is 1. The van der Waals surface area contributed by atoms with Gasteiger partial charge in [-0.3, -0.25) is 9.69 Å². The maximum absolute atomic E-state index is 10.6. The average molecular weight is 446 g/mol. The van der Waals surface area contributed by atoms with E-state index in [1.54, 1.807) is 24.1 Å². The molecule has 0 saturated carbocycles. The molecular weight excluding hydrogens is 406 g/mol. The Morgan fingerprint density at radius 1 is 1.39 bits per heavy atom. The van der Waals surface area contributed by atoms with Crippen molar-refractivity contribution in [2.45, 2.75) is 40.0 Å². The smallest absolute Gasteiger partial charge is 0.317 e. The zero-order valence-corrected chi connectivity index (χ0v) is 20.3. The van der Waals surface area contributed by atoms with Gasteiger partial charge >= 0.3 is 5.97 Å². The van der Waals surface area contributed by atoms with E-state index in [0.29, 0.717) is 19.1 Å². The van der Waals surface area contributed by atoms with Crippen molar-refractivity contribution in [1.82, 2.24) is 4.90 Å². The molecule has 1 rings (SSSR count). The van der Waals surface area contributed by atoms with E-state index < -0.39 is 5.97 Å². The van der Waals surface area contributed by atoms with E-state index >= 15 is 0 Å². The van der Waals surface area contributed by atoms with Crippen LogP contribution in [0, 0.1) is 5.92 Å². The Hall–Kier alpha value is -2.37. The molecule has 0 radical (unpaired) electrons. The highest BCUT2D eigenvalue weighted by Gasteiger charge is 2.04. The molecule has 1 aromatic heterocycles. The summed E-state index contributed by atoms with van der Waals surface area (Å²) in [5.41, 5.74) is 0. The zero-order valence-electron chi connectivity index (χ0n) is 19.5. The van der Waals surface area contributed by atoms with Crippen LogP contribution in [0.1, 0.15) is 38.5 Å². The van der Waals surface area contributed by atoms with Crippen LogP contribution in [0.5, 0.6) is 0 Å². The number of thiophene rings is 1. The molecule has 0 aliphatic carbocycles. The number of hydrogen-bond donors (Lipinski definition) is 1. The van der Waals surface area contributed by atoms with E-state index in [0.717, 1.165) is 12.2 Å². The summed E-state index contributed by atoms with van der Waals surface area (Å²) in [6.07, 6.45) is 19.2. The van der Waals surface area contributed by atoms with Crippen LogP contribution in [0.2, 0.25) is 0 Å². The number of rotatable bonds is 14. The number of carboxylic acid groups (broad SMARTS) is 1. The molecule has 1 heterocycles. The SMILES string of the molecule is C=C/C=C(\C=C/C(C)C/C=C\C=C/C)OCCN(C)CC(=O)O.CCCc1cccs1. The highest BCUT2D eigenvalue weighted by atomic mass is 32.1. The molecule has 4 nitrogen and oxygen atoms in total. The highest BCUT2D eigenvalue weighted by molar-refractivity contribution is 7.09. The molecular formula is C26H39NO3S. The standard InChI is InChI=1S/C19H29NO3.C7H10S/c1-5-7-8-9-11-17(3)12-13-18(10-6-2)23-15-14-20(4)16-19(21)22;1-2-4-7-5-3-6-8-7/h5-10,12-13,17H,2,11,14-16H2,1,3-4H3,(H,21,22);3,5-6H,2,4H2,1H3/b7-5-,9-8-,13-12-,18-10+;. The van der Waals surface area contributed by atoms with Gasteiger partial charge in [-0.05, 0) is 56.3 Å². The first kappa shape index (κ1) is 28.6. The van der Waals surface area contributed by atoms with Gasteiger partial charge in [-0.25, -0.2) is 0 Å². The summed E-state index contributed by atoms with van der Waals surface area (Å²) < 4.78 is 5.67. The largest absolute Gasteiger partial charge is 0.492 e. The zero-order chi connectivity index (χ0) is 23.3. The number of likely N-dealkylation sites (N-methyl/N-ethyl adjacent to an activating group) is 1. The molecule has 0 spiro atoms. The molecule has 1 atom stereocenters. The lowest BCUT2D eigenvalue weighted by Gasteiger charge is -2.14. The number of carboxylic acids is 1. The van der Waals surface area contributed by atoms with E-state index in [1.165, 1.54) is 17.7 Å². The predicted octanol–water partition coefficient (Wildman–Crippen LogP) is 6.50. The van der Waals surface area contributed by atoms with Crippen LogP contribution >= 0.6 is 11.3 Å². The Balaban J connectivity index is 0.000000929. The van der Waals surface area contributed by atoms with Crippen molar-refractivity contribution in [2.24, 2.45) is 5.92 Å². The molecule has 1 unspecified atom stereocenters. The lowest BCUT2D eigenvalue weighted by Crippen LogP contribution is -2.28. The van der Waals surface area contributed by atoms with Crippen LogP contribution in [-0.2, 0) is 16.0 Å². The summed E-state index contributed by atoms with van der Waals surface area (Å²) in [4.78, 5) is 13.8. The van der Waals surface area contributed by atoms with Crippen LogP contribution in [0.25, 0.3) is 0 Å². The van der Waals surface area contributed by atoms with E-state index in [1.807, 2.05) is 42.6 Å². The van der Waals surface area contributed by atoms with Crippen molar-refractivity contribution in [1.29, 1.82) is 0 Å². The maximum atomic E-state index is 10.6. The molecule has 0 aliphatic rings. The van der Waals surface area contributed by atoms with Gasteiger partial charge in [0.25, 0.3) is 0 Å². The van der Waals surface area contributed by atoms with Gasteiger partial charge in [0.15, 0.2) is 0 Å². The molecule has 31 heavy (non-hydrogen) atoms. The average Bonchev–Trinajstić information content (AvgIpc) is 3.23. The quantitative estimate of drug-likeness (QED) is 0.262. The molecule has 0 aliphatic heterocycles. The summed E-state index contributed by atoms with van der Waals surface area (Å²) in [6.45, 7) is 11.0. The van der Waals surface area contributed by atoms with E-state index in [4.69, 9.17) is 9.84 Å². The summed E-state index contributed by atoms with van der Waals surface area (Å²) in [6, 6.07) is 4.30. The Morgan fingerprint density at radius 3 is 2.74 bits per heavy atom. The lowest BCUT2D eigenvalue weighted by molar-refractivity contribution is -0.138. The minimum absolute atomic E-state index is 0.00921. The van der Waals surface area contributed by atoms with Gasteiger partial charge in [0.1, 0.15) is 12.4 Å². The van der Waals surface area contributed by atoms with E-state index in [2.05, 4.69) is 50.1 Å². The molecule has 172 valence electrons. The topological polar surface area (TPSA) is 49.8 Å². The van der Waals surface area contributed by atoms with Gasteiger partial charge in [-0.2, -0.15) is 0 Å². The van der Waals surface area contributed by atoms with Crippen LogP contribution in [-0.4, -0.2) is 42.7 Å². The van der Waals surface area contributed by atoms with Crippen molar-refractivity contribution >= 4 is 17.3 Å². The Morgan fingerprint density at radius 2 is 2.16 bits per heavy atom. The minimum atomic E-state index is -0.839. The van der Waals surface area contributed by atoms with Crippen molar-refractivity contribution in [3.05, 3.63) is 83.3 Å². The van der Waals surface area contributed by atoms with Crippen LogP contribution in [0.15, 0.2) is 78.5 Å². The van der Waals surface area contributed by atoms with Gasteiger partial charge < -0.3 is 9.84 Å². The van der Waals surface area contributed by atoms with Gasteiger partial charge in [-0.15, -0.1) is 11.3 Å². The minimum Gasteiger partial charge on any atom is -0.492 e. The number of aryl methyl sites for hydroxylation is 1. The maximum Gasteiger partial charge on any atom is 0.317 e. The van der Waals surface area contributed by atoms with Gasteiger partial charge in [0.05, 0.1) is 6.54 Å². The molecule has 1 aromatic rings. The highest BCUT2D eigenvalue weighted by Crippen LogP contribution is 2.10. The van der Waals surface area contributed by atoms with E-state index in [-0.39, 0.29) is 6.54 Å². The molecule has 0 aromatic carbocycles. The fraction of sp³-hybridized carbons (Fsp3) is 0.423. The van der Waals surface area contributed by atoms with Crippen LogP contribution < -0.4 is 0 Å². The summed E-state index contributed by atoms with van der Waals surface area (Å²) in [5.74, 6) is 0.296. The predicted molar refractivity (Wildman–Crippen MR) is 135 cm³/mol.